The number of halogens is 1. The third-order valence-corrected chi connectivity index (χ3v) is 3.00. The van der Waals surface area contributed by atoms with Crippen molar-refractivity contribution in [1.82, 2.24) is 5.32 Å². The van der Waals surface area contributed by atoms with Crippen molar-refractivity contribution in [1.29, 1.82) is 5.26 Å². The van der Waals surface area contributed by atoms with Gasteiger partial charge in [0.25, 0.3) is 0 Å². The van der Waals surface area contributed by atoms with Crippen molar-refractivity contribution in [2.24, 2.45) is 0 Å². The van der Waals surface area contributed by atoms with E-state index in [0.29, 0.717) is 18.9 Å². The molecule has 2 rings (SSSR count). The maximum atomic E-state index is 12.8. The number of carbonyl (C=O) groups excluding carboxylic acids is 1. The number of amides is 1. The molecule has 0 aromatic heterocycles. The van der Waals surface area contributed by atoms with E-state index in [-0.39, 0.29) is 18.1 Å². The quantitative estimate of drug-likeness (QED) is 0.892. The van der Waals surface area contributed by atoms with E-state index in [0.717, 1.165) is 11.1 Å². The summed E-state index contributed by atoms with van der Waals surface area (Å²) in [5, 5.41) is 11.1. The Morgan fingerprint density at radius 1 is 1.18 bits per heavy atom. The van der Waals surface area contributed by atoms with Crippen molar-refractivity contribution < 1.29 is 13.9 Å². The summed E-state index contributed by atoms with van der Waals surface area (Å²) in [6.07, 6.45) is -0.168. The van der Waals surface area contributed by atoms with Crippen LogP contribution in [0.3, 0.4) is 0 Å². The molecule has 0 atom stereocenters. The molecule has 0 bridgehead atoms. The smallest absolute Gasteiger partial charge is 0.234 e. The van der Waals surface area contributed by atoms with Gasteiger partial charge in [0, 0.05) is 12.1 Å². The van der Waals surface area contributed by atoms with Crippen LogP contribution in [0.15, 0.2) is 48.5 Å². The fraction of sp³-hybridized carbons (Fsp3) is 0.176. The van der Waals surface area contributed by atoms with Crippen molar-refractivity contribution in [2.45, 2.75) is 19.6 Å². The molecule has 1 amide bonds. The minimum Gasteiger partial charge on any atom is -0.489 e. The van der Waals surface area contributed by atoms with Gasteiger partial charge >= 0.3 is 0 Å². The number of nitrogens with one attached hydrogen (secondary N) is 1. The van der Waals surface area contributed by atoms with Crippen LogP contribution < -0.4 is 10.1 Å². The average Bonchev–Trinajstić information content (AvgIpc) is 2.53. The maximum absolute atomic E-state index is 12.8. The number of benzene rings is 2. The Balaban J connectivity index is 1.97. The van der Waals surface area contributed by atoms with Gasteiger partial charge in [0.2, 0.25) is 5.91 Å². The van der Waals surface area contributed by atoms with Crippen molar-refractivity contribution in [3.8, 4) is 11.8 Å². The largest absolute Gasteiger partial charge is 0.489 e. The molecule has 0 fully saturated rings. The van der Waals surface area contributed by atoms with Crippen molar-refractivity contribution in [2.75, 3.05) is 0 Å². The molecule has 2 aromatic carbocycles. The molecule has 0 saturated heterocycles. The molecule has 0 aliphatic heterocycles. The Labute approximate surface area is 128 Å². The van der Waals surface area contributed by atoms with Crippen LogP contribution >= 0.6 is 0 Å². The van der Waals surface area contributed by atoms with Crippen LogP contribution in [0.4, 0.5) is 4.39 Å². The molecule has 0 saturated carbocycles. The zero-order chi connectivity index (χ0) is 15.8. The van der Waals surface area contributed by atoms with Crippen molar-refractivity contribution in [3.63, 3.8) is 0 Å². The number of nitrogens with zero attached hydrogens (tertiary/aromatic N) is 1. The van der Waals surface area contributed by atoms with Crippen molar-refractivity contribution in [3.05, 3.63) is 65.5 Å². The molecule has 2 aromatic rings. The number of ether oxygens (including phenoxy) is 1. The van der Waals surface area contributed by atoms with Gasteiger partial charge in [-0.25, -0.2) is 4.39 Å². The van der Waals surface area contributed by atoms with Crippen LogP contribution in [-0.4, -0.2) is 5.91 Å². The number of nitriles is 1. The molecule has 0 aliphatic rings. The van der Waals surface area contributed by atoms with Crippen LogP contribution in [0.25, 0.3) is 0 Å². The Bertz CT molecular complexity index is 678. The lowest BCUT2D eigenvalue weighted by Crippen LogP contribution is -2.22. The molecular formula is C17H15FN2O2. The number of rotatable bonds is 6. The third-order valence-electron chi connectivity index (χ3n) is 3.00. The van der Waals surface area contributed by atoms with Gasteiger partial charge in [-0.15, -0.1) is 0 Å². The molecule has 22 heavy (non-hydrogen) atoms. The molecule has 112 valence electrons. The minimum atomic E-state index is -0.323. The van der Waals surface area contributed by atoms with Crippen LogP contribution in [0.5, 0.6) is 5.75 Å². The molecule has 5 heteroatoms. The fourth-order valence-corrected chi connectivity index (χ4v) is 1.86. The number of carbonyl (C=O) groups is 1. The highest BCUT2D eigenvalue weighted by Gasteiger charge is 2.06. The first-order valence-electron chi connectivity index (χ1n) is 6.78. The topological polar surface area (TPSA) is 62.1 Å². The highest BCUT2D eigenvalue weighted by molar-refractivity contribution is 5.78. The van der Waals surface area contributed by atoms with Crippen LogP contribution in [-0.2, 0) is 17.9 Å². The predicted octanol–water partition coefficient (Wildman–Crippen LogP) is 2.93. The first-order valence-corrected chi connectivity index (χ1v) is 6.78. The van der Waals surface area contributed by atoms with E-state index in [1.165, 1.54) is 12.1 Å². The molecular weight excluding hydrogens is 283 g/mol. The second kappa shape index (κ2) is 7.79. The SMILES string of the molecule is N#CCC(=O)NCc1ccccc1OCc1ccc(F)cc1. The van der Waals surface area contributed by atoms with E-state index < -0.39 is 0 Å². The number of hydrogen-bond donors (Lipinski definition) is 1. The third kappa shape index (κ3) is 4.60. The minimum absolute atomic E-state index is 0.168. The second-order valence-corrected chi connectivity index (χ2v) is 4.63. The number of para-hydroxylation sites is 1. The summed E-state index contributed by atoms with van der Waals surface area (Å²) < 4.78 is 18.6. The summed E-state index contributed by atoms with van der Waals surface area (Å²) >= 11 is 0. The average molecular weight is 298 g/mol. The molecule has 0 unspecified atom stereocenters. The summed E-state index contributed by atoms with van der Waals surface area (Å²) in [4.78, 5) is 11.3. The zero-order valence-corrected chi connectivity index (χ0v) is 11.9. The molecule has 1 N–H and O–H groups in total. The standard InChI is InChI=1S/C17H15FN2O2/c18-15-7-5-13(6-8-15)12-22-16-4-2-1-3-14(16)11-20-17(21)9-10-19/h1-8H,9,11-12H2,(H,20,21). The van der Waals surface area contributed by atoms with E-state index in [1.807, 2.05) is 18.2 Å². The zero-order valence-electron chi connectivity index (χ0n) is 11.9. The maximum Gasteiger partial charge on any atom is 0.234 e. The molecule has 4 nitrogen and oxygen atoms in total. The van der Waals surface area contributed by atoms with Crippen molar-refractivity contribution >= 4 is 5.91 Å². The van der Waals surface area contributed by atoms with Crippen LogP contribution in [0.2, 0.25) is 0 Å². The van der Waals surface area contributed by atoms with Gasteiger partial charge in [-0.05, 0) is 23.8 Å². The lowest BCUT2D eigenvalue weighted by molar-refractivity contribution is -0.120. The summed E-state index contributed by atoms with van der Waals surface area (Å²) in [5.41, 5.74) is 1.67. The van der Waals surface area contributed by atoms with Crippen LogP contribution in [0, 0.1) is 17.1 Å². The molecule has 0 aliphatic carbocycles. The lowest BCUT2D eigenvalue weighted by atomic mass is 10.2. The van der Waals surface area contributed by atoms with E-state index >= 15 is 0 Å². The van der Waals surface area contributed by atoms with Gasteiger partial charge in [-0.1, -0.05) is 30.3 Å². The first-order chi connectivity index (χ1) is 10.7. The summed E-state index contributed by atoms with van der Waals surface area (Å²) in [5.74, 6) is 0.0317. The molecule has 0 spiro atoms. The summed E-state index contributed by atoms with van der Waals surface area (Å²) in [6, 6.07) is 15.2. The van der Waals surface area contributed by atoms with Gasteiger partial charge in [-0.3, -0.25) is 4.79 Å². The van der Waals surface area contributed by atoms with Crippen LogP contribution in [0.1, 0.15) is 17.5 Å². The number of hydrogen-bond acceptors (Lipinski definition) is 3. The summed E-state index contributed by atoms with van der Waals surface area (Å²) in [6.45, 7) is 0.601. The Morgan fingerprint density at radius 2 is 1.91 bits per heavy atom. The van der Waals surface area contributed by atoms with Gasteiger partial charge < -0.3 is 10.1 Å². The predicted molar refractivity (Wildman–Crippen MR) is 79.3 cm³/mol. The van der Waals surface area contributed by atoms with Gasteiger partial charge in [0.05, 0.1) is 6.07 Å². The van der Waals surface area contributed by atoms with E-state index in [9.17, 15) is 9.18 Å². The highest BCUT2D eigenvalue weighted by atomic mass is 19.1. The van der Waals surface area contributed by atoms with E-state index in [4.69, 9.17) is 10.00 Å². The molecule has 0 heterocycles. The second-order valence-electron chi connectivity index (χ2n) is 4.63. The first kappa shape index (κ1) is 15.5. The Kier molecular flexibility index (Phi) is 5.50. The summed E-state index contributed by atoms with van der Waals surface area (Å²) in [7, 11) is 0. The van der Waals surface area contributed by atoms with Gasteiger partial charge in [0.15, 0.2) is 0 Å². The monoisotopic (exact) mass is 298 g/mol. The van der Waals surface area contributed by atoms with Gasteiger partial charge in [0.1, 0.15) is 24.6 Å². The Hall–Kier alpha value is -2.87. The van der Waals surface area contributed by atoms with E-state index in [2.05, 4.69) is 5.32 Å². The lowest BCUT2D eigenvalue weighted by Gasteiger charge is -2.12. The van der Waals surface area contributed by atoms with E-state index in [1.54, 1.807) is 24.3 Å². The highest BCUT2D eigenvalue weighted by Crippen LogP contribution is 2.19. The normalized spacial score (nSPS) is 9.82. The fourth-order valence-electron chi connectivity index (χ4n) is 1.86. The Morgan fingerprint density at radius 3 is 2.64 bits per heavy atom. The molecule has 0 radical (unpaired) electrons. The van der Waals surface area contributed by atoms with Gasteiger partial charge in [-0.2, -0.15) is 5.26 Å².